The van der Waals surface area contributed by atoms with Gasteiger partial charge in [0.05, 0.1) is 0 Å². The predicted molar refractivity (Wildman–Crippen MR) is 83.7 cm³/mol. The molecule has 9 saturated carbocycles. The molecule has 0 heterocycles. The summed E-state index contributed by atoms with van der Waals surface area (Å²) >= 11 is 0. The van der Waals surface area contributed by atoms with Crippen molar-refractivity contribution in [3.8, 4) is 0 Å². The molecule has 9 fully saturated rings. The summed E-state index contributed by atoms with van der Waals surface area (Å²) in [6, 6.07) is 0. The van der Waals surface area contributed by atoms with Crippen molar-refractivity contribution in [2.45, 2.75) is 53.4 Å². The van der Waals surface area contributed by atoms with Crippen molar-refractivity contribution < 1.29 is 0 Å². The highest BCUT2D eigenvalue weighted by Crippen LogP contribution is 3.27. The number of hydrogen-bond donors (Lipinski definition) is 0. The van der Waals surface area contributed by atoms with Crippen molar-refractivity contribution >= 4 is 0 Å². The Hall–Kier alpha value is 0. The lowest BCUT2D eigenvalue weighted by molar-refractivity contribution is -0.776. The molecule has 9 rings (SSSR count). The van der Waals surface area contributed by atoms with Crippen molar-refractivity contribution in [1.29, 1.82) is 0 Å². The Kier molecular flexibility index (Phi) is 1.00. The lowest BCUT2D eigenvalue weighted by Crippen LogP contribution is -3.21. The van der Waals surface area contributed by atoms with Crippen LogP contribution < -0.4 is 0 Å². The summed E-state index contributed by atoms with van der Waals surface area (Å²) in [5.74, 6) is 9.38. The number of fused-ring (bicyclic) bond motifs is 4. The van der Waals surface area contributed by atoms with E-state index in [9.17, 15) is 0 Å². The lowest BCUT2D eigenvalue weighted by Gasteiger charge is -3.23. The van der Waals surface area contributed by atoms with Gasteiger partial charge in [-0.3, -0.25) is 0 Å². The molecule has 0 bridgehead atoms. The summed E-state index contributed by atoms with van der Waals surface area (Å²) in [5.41, 5.74) is 5.24. The van der Waals surface area contributed by atoms with Crippen LogP contribution in [0.4, 0.5) is 0 Å². The van der Waals surface area contributed by atoms with Crippen LogP contribution in [0.5, 0.6) is 0 Å². The van der Waals surface area contributed by atoms with Gasteiger partial charge >= 0.3 is 0 Å². The maximum absolute atomic E-state index is 2.81. The highest BCUT2D eigenvalue weighted by Gasteiger charge is 3.24. The van der Waals surface area contributed by atoms with Crippen molar-refractivity contribution in [3.05, 3.63) is 0 Å². The van der Waals surface area contributed by atoms with E-state index in [1.165, 1.54) is 35.5 Å². The Morgan fingerprint density at radius 3 is 2.32 bits per heavy atom. The van der Waals surface area contributed by atoms with Gasteiger partial charge < -0.3 is 0 Å². The molecular weight excluding hydrogens is 264 g/mol. The molecule has 0 aliphatic heterocycles. The minimum absolute atomic E-state index is 0.746. The first kappa shape index (κ1) is 10.8. The van der Waals surface area contributed by atoms with E-state index >= 15 is 0 Å². The van der Waals surface area contributed by atoms with Crippen molar-refractivity contribution in [2.75, 3.05) is 0 Å². The van der Waals surface area contributed by atoms with E-state index in [1.807, 2.05) is 0 Å². The fraction of sp³-hybridized carbons (Fsp3) is 1.00. The van der Waals surface area contributed by atoms with Crippen LogP contribution in [0, 0.1) is 79.8 Å². The standard InChI is InChI=1S/C22H28/c1-9-8-17(3)18(4)10(2)16-14-7-13-11-5-6-12-15(9)21(17)19(11,12)20(13,14)22(16,18)21/h9-16H,5-8H2,1-4H3. The van der Waals surface area contributed by atoms with E-state index in [0.29, 0.717) is 0 Å². The average molecular weight is 292 g/mol. The maximum atomic E-state index is 2.81. The summed E-state index contributed by atoms with van der Waals surface area (Å²) in [5, 5.41) is 0. The fourth-order valence-corrected chi connectivity index (χ4v) is 15.8. The van der Waals surface area contributed by atoms with Crippen LogP contribution in [-0.2, 0) is 0 Å². The first-order chi connectivity index (χ1) is 10.5. The second-order valence-corrected chi connectivity index (χ2v) is 12.1. The Morgan fingerprint density at radius 1 is 0.773 bits per heavy atom. The summed E-state index contributed by atoms with van der Waals surface area (Å²) in [4.78, 5) is 0. The number of hydrogen-bond acceptors (Lipinski definition) is 0. The molecule has 0 heteroatoms. The minimum atomic E-state index is 0.746. The SMILES string of the molecule is CC1CC2(C)C3(C)C(C)C4C5CC6C7CCC8C1C21C78C65C431. The molecule has 0 aromatic heterocycles. The zero-order valence-corrected chi connectivity index (χ0v) is 14.4. The maximum Gasteiger partial charge on any atom is -0.00635 e. The van der Waals surface area contributed by atoms with Crippen molar-refractivity contribution in [3.63, 3.8) is 0 Å². The second-order valence-electron chi connectivity index (χ2n) is 12.1. The monoisotopic (exact) mass is 292 g/mol. The molecule has 0 amide bonds. The van der Waals surface area contributed by atoms with E-state index < -0.39 is 0 Å². The van der Waals surface area contributed by atoms with Gasteiger partial charge in [-0.1, -0.05) is 27.7 Å². The zero-order valence-electron chi connectivity index (χ0n) is 14.4. The molecule has 0 aromatic carbocycles. The van der Waals surface area contributed by atoms with Gasteiger partial charge in [0.15, 0.2) is 0 Å². The lowest BCUT2D eigenvalue weighted by atomic mass is 8.80. The Morgan fingerprint density at radius 2 is 1.50 bits per heavy atom. The van der Waals surface area contributed by atoms with Crippen LogP contribution in [0.1, 0.15) is 53.4 Å². The molecule has 116 valence electrons. The van der Waals surface area contributed by atoms with Gasteiger partial charge in [0.1, 0.15) is 0 Å². The molecule has 14 atom stereocenters. The van der Waals surface area contributed by atoms with Crippen LogP contribution in [0.2, 0.25) is 0 Å². The van der Waals surface area contributed by atoms with Crippen molar-refractivity contribution in [2.24, 2.45) is 79.8 Å². The first-order valence-corrected chi connectivity index (χ1v) is 10.5. The Bertz CT molecular complexity index is 768. The molecule has 9 aliphatic carbocycles. The molecule has 0 radical (unpaired) electrons. The van der Waals surface area contributed by atoms with E-state index in [-0.39, 0.29) is 0 Å². The minimum Gasteiger partial charge on any atom is -0.0622 e. The Balaban J connectivity index is 1.45. The van der Waals surface area contributed by atoms with Crippen LogP contribution >= 0.6 is 0 Å². The van der Waals surface area contributed by atoms with E-state index in [1.54, 1.807) is 25.7 Å². The fourth-order valence-electron chi connectivity index (χ4n) is 15.8. The zero-order chi connectivity index (χ0) is 14.4. The summed E-state index contributed by atoms with van der Waals surface area (Å²) in [7, 11) is 0. The molecular formula is C22H28. The van der Waals surface area contributed by atoms with Gasteiger partial charge in [-0.15, -0.1) is 0 Å². The Labute approximate surface area is 133 Å². The quantitative estimate of drug-likeness (QED) is 0.612. The predicted octanol–water partition coefficient (Wildman–Crippen LogP) is 4.60. The smallest absolute Gasteiger partial charge is 0.00635 e. The largest absolute Gasteiger partial charge is 0.0622 e. The topological polar surface area (TPSA) is 0 Å². The average Bonchev–Trinajstić information content (AvgIpc) is 2.84. The summed E-state index contributed by atoms with van der Waals surface area (Å²) in [6.45, 7) is 11.0. The molecule has 14 unspecified atom stereocenters. The van der Waals surface area contributed by atoms with Crippen LogP contribution in [-0.4, -0.2) is 0 Å². The normalized spacial score (nSPS) is 96.5. The van der Waals surface area contributed by atoms with Gasteiger partial charge in [0, 0.05) is 0 Å². The van der Waals surface area contributed by atoms with E-state index in [0.717, 1.165) is 44.3 Å². The van der Waals surface area contributed by atoms with Crippen molar-refractivity contribution in [1.82, 2.24) is 0 Å². The molecule has 0 aromatic rings. The van der Waals surface area contributed by atoms with E-state index in [4.69, 9.17) is 0 Å². The third-order valence-electron chi connectivity index (χ3n) is 14.2. The van der Waals surface area contributed by atoms with Gasteiger partial charge in [-0.05, 0) is 106 Å². The third kappa shape index (κ3) is 0.374. The third-order valence-corrected chi connectivity index (χ3v) is 14.2. The highest BCUT2D eigenvalue weighted by atomic mass is 15.3. The first-order valence-electron chi connectivity index (χ1n) is 10.5. The molecule has 22 heavy (non-hydrogen) atoms. The van der Waals surface area contributed by atoms with Gasteiger partial charge in [0.25, 0.3) is 0 Å². The molecule has 4 spiro atoms. The summed E-state index contributed by atoms with van der Waals surface area (Å²) < 4.78 is 0. The molecule has 0 nitrogen and oxygen atoms in total. The van der Waals surface area contributed by atoms with Gasteiger partial charge in [0.2, 0.25) is 0 Å². The molecule has 0 saturated heterocycles. The van der Waals surface area contributed by atoms with E-state index in [2.05, 4.69) is 27.7 Å². The van der Waals surface area contributed by atoms with Gasteiger partial charge in [-0.2, -0.15) is 0 Å². The molecule has 9 aliphatic rings. The van der Waals surface area contributed by atoms with Crippen LogP contribution in [0.15, 0.2) is 0 Å². The second kappa shape index (κ2) is 2.05. The number of rotatable bonds is 0. The van der Waals surface area contributed by atoms with Crippen LogP contribution in [0.3, 0.4) is 0 Å². The highest BCUT2D eigenvalue weighted by molar-refractivity contribution is 5.70. The molecule has 0 N–H and O–H groups in total. The summed E-state index contributed by atoms with van der Waals surface area (Å²) in [6.07, 6.45) is 6.58. The van der Waals surface area contributed by atoms with Gasteiger partial charge in [-0.25, -0.2) is 0 Å². The van der Waals surface area contributed by atoms with Crippen LogP contribution in [0.25, 0.3) is 0 Å².